The van der Waals surface area contributed by atoms with E-state index in [-0.39, 0.29) is 12.8 Å². The number of hydrogen-bond acceptors (Lipinski definition) is 1. The predicted molar refractivity (Wildman–Crippen MR) is 48.3 cm³/mol. The van der Waals surface area contributed by atoms with E-state index in [9.17, 15) is 18.0 Å². The van der Waals surface area contributed by atoms with Gasteiger partial charge in [-0.15, -0.1) is 0 Å². The third-order valence-electron chi connectivity index (χ3n) is 4.09. The highest BCUT2D eigenvalue weighted by atomic mass is 19.4. The highest BCUT2D eigenvalue weighted by molar-refractivity contribution is 5.75. The molecule has 0 heterocycles. The van der Waals surface area contributed by atoms with E-state index >= 15 is 0 Å². The Morgan fingerprint density at radius 3 is 2.00 bits per heavy atom. The number of rotatable bonds is 1. The van der Waals surface area contributed by atoms with Gasteiger partial charge in [-0.05, 0) is 25.2 Å². The molecule has 0 saturated heterocycles. The molecule has 15 heavy (non-hydrogen) atoms. The number of hydrogen-bond donors (Lipinski definition) is 1. The van der Waals surface area contributed by atoms with Gasteiger partial charge in [0.2, 0.25) is 0 Å². The summed E-state index contributed by atoms with van der Waals surface area (Å²) in [5.74, 6) is -2.66. The average molecular weight is 224 g/mol. The molecule has 0 aromatic carbocycles. The van der Waals surface area contributed by atoms with Gasteiger partial charge in [0.1, 0.15) is 0 Å². The first-order valence-corrected chi connectivity index (χ1v) is 4.83. The molecule has 0 aromatic rings. The third-order valence-corrected chi connectivity index (χ3v) is 4.09. The number of alkyl halides is 3. The maximum absolute atomic E-state index is 12.7. The molecule has 0 radical (unpaired) electrons. The van der Waals surface area contributed by atoms with E-state index in [4.69, 9.17) is 5.11 Å². The molecule has 0 unspecified atom stereocenters. The van der Waals surface area contributed by atoms with Crippen molar-refractivity contribution in [2.75, 3.05) is 0 Å². The Morgan fingerprint density at radius 2 is 1.80 bits per heavy atom. The number of aliphatic carboxylic acids is 1. The van der Waals surface area contributed by atoms with Crippen molar-refractivity contribution in [1.29, 1.82) is 0 Å². The number of carboxylic acid groups (broad SMARTS) is 1. The Hall–Kier alpha value is -0.740. The summed E-state index contributed by atoms with van der Waals surface area (Å²) in [6.07, 6.45) is -4.32. The SMILES string of the molecule is CC1(C)[C@@H](C(F)(F)F)CC[C@@]1(C)C(=O)O. The molecule has 0 aromatic heterocycles. The largest absolute Gasteiger partial charge is 0.481 e. The second-order valence-electron chi connectivity index (χ2n) is 4.99. The van der Waals surface area contributed by atoms with Crippen molar-refractivity contribution < 1.29 is 23.1 Å². The fourth-order valence-electron chi connectivity index (χ4n) is 2.46. The summed E-state index contributed by atoms with van der Waals surface area (Å²) in [6.45, 7) is 4.19. The first kappa shape index (κ1) is 12.3. The number of carboxylic acids is 1. The molecule has 1 fully saturated rings. The molecule has 2 nitrogen and oxygen atoms in total. The van der Waals surface area contributed by atoms with Crippen molar-refractivity contribution in [3.63, 3.8) is 0 Å². The van der Waals surface area contributed by atoms with Crippen LogP contribution < -0.4 is 0 Å². The van der Waals surface area contributed by atoms with Crippen molar-refractivity contribution in [2.45, 2.75) is 39.8 Å². The molecule has 0 bridgehead atoms. The summed E-state index contributed by atoms with van der Waals surface area (Å²) in [5, 5.41) is 9.02. The molecular formula is C10H15F3O2. The standard InChI is InChI=1S/C10H15F3O2/c1-8(2)6(10(11,12)13)4-5-9(8,3)7(14)15/h6H,4-5H2,1-3H3,(H,14,15)/t6-,9-/m0/s1. The lowest BCUT2D eigenvalue weighted by Gasteiger charge is -2.39. The normalized spacial score (nSPS) is 35.5. The van der Waals surface area contributed by atoms with Crippen molar-refractivity contribution in [3.05, 3.63) is 0 Å². The van der Waals surface area contributed by atoms with Crippen molar-refractivity contribution in [1.82, 2.24) is 0 Å². The zero-order valence-electron chi connectivity index (χ0n) is 8.98. The molecule has 5 heteroatoms. The molecule has 2 atom stereocenters. The van der Waals surface area contributed by atoms with Crippen molar-refractivity contribution in [2.24, 2.45) is 16.7 Å². The van der Waals surface area contributed by atoms with E-state index in [0.29, 0.717) is 0 Å². The van der Waals surface area contributed by atoms with Crippen molar-refractivity contribution in [3.8, 4) is 0 Å². The predicted octanol–water partition coefficient (Wildman–Crippen LogP) is 3.08. The molecule has 1 N–H and O–H groups in total. The molecule has 1 aliphatic rings. The van der Waals surface area contributed by atoms with Gasteiger partial charge < -0.3 is 5.11 Å². The van der Waals surface area contributed by atoms with Crippen LogP contribution in [0.5, 0.6) is 0 Å². The Balaban J connectivity index is 3.10. The van der Waals surface area contributed by atoms with Gasteiger partial charge in [-0.2, -0.15) is 13.2 Å². The molecule has 88 valence electrons. The van der Waals surface area contributed by atoms with Gasteiger partial charge in [-0.25, -0.2) is 0 Å². The van der Waals surface area contributed by atoms with Crippen LogP contribution in [0.15, 0.2) is 0 Å². The van der Waals surface area contributed by atoms with Gasteiger partial charge in [-0.3, -0.25) is 4.79 Å². The van der Waals surface area contributed by atoms with Gasteiger partial charge in [0.05, 0.1) is 11.3 Å². The molecule has 0 amide bonds. The summed E-state index contributed by atoms with van der Waals surface area (Å²) in [7, 11) is 0. The van der Waals surface area contributed by atoms with E-state index in [1.165, 1.54) is 20.8 Å². The minimum atomic E-state index is -4.31. The topological polar surface area (TPSA) is 37.3 Å². The van der Waals surface area contributed by atoms with Crippen LogP contribution in [0.1, 0.15) is 33.6 Å². The monoisotopic (exact) mass is 224 g/mol. The zero-order valence-corrected chi connectivity index (χ0v) is 8.98. The maximum atomic E-state index is 12.7. The fraction of sp³-hybridized carbons (Fsp3) is 0.900. The van der Waals surface area contributed by atoms with Gasteiger partial charge in [0.25, 0.3) is 0 Å². The molecule has 0 spiro atoms. The lowest BCUT2D eigenvalue weighted by Crippen LogP contribution is -2.44. The third kappa shape index (κ3) is 1.62. The van der Waals surface area contributed by atoms with Crippen LogP contribution in [0.2, 0.25) is 0 Å². The van der Waals surface area contributed by atoms with Gasteiger partial charge in [-0.1, -0.05) is 13.8 Å². The highest BCUT2D eigenvalue weighted by Crippen LogP contribution is 2.60. The minimum absolute atomic E-state index is 0.0828. The first-order chi connectivity index (χ1) is 6.53. The maximum Gasteiger partial charge on any atom is 0.392 e. The van der Waals surface area contributed by atoms with Crippen LogP contribution in [0.4, 0.5) is 13.2 Å². The van der Waals surface area contributed by atoms with E-state index < -0.39 is 28.9 Å². The lowest BCUT2D eigenvalue weighted by atomic mass is 9.65. The van der Waals surface area contributed by atoms with Crippen LogP contribution >= 0.6 is 0 Å². The fourth-order valence-corrected chi connectivity index (χ4v) is 2.46. The summed E-state index contributed by atoms with van der Waals surface area (Å²) in [6, 6.07) is 0. The van der Waals surface area contributed by atoms with Gasteiger partial charge >= 0.3 is 12.1 Å². The average Bonchev–Trinajstić information content (AvgIpc) is 2.23. The van der Waals surface area contributed by atoms with Gasteiger partial charge in [0.15, 0.2) is 0 Å². The Bertz CT molecular complexity index is 283. The van der Waals surface area contributed by atoms with E-state index in [0.717, 1.165) is 0 Å². The number of halogens is 3. The van der Waals surface area contributed by atoms with Crippen LogP contribution in [-0.2, 0) is 4.79 Å². The quantitative estimate of drug-likeness (QED) is 0.743. The Labute approximate surface area is 86.5 Å². The minimum Gasteiger partial charge on any atom is -0.481 e. The summed E-state index contributed by atoms with van der Waals surface area (Å²) >= 11 is 0. The summed E-state index contributed by atoms with van der Waals surface area (Å²) in [5.41, 5.74) is -2.54. The van der Waals surface area contributed by atoms with Crippen LogP contribution in [-0.4, -0.2) is 17.3 Å². The Kier molecular flexibility index (Phi) is 2.57. The second kappa shape index (κ2) is 3.12. The molecule has 1 rings (SSSR count). The lowest BCUT2D eigenvalue weighted by molar-refractivity contribution is -0.206. The first-order valence-electron chi connectivity index (χ1n) is 4.83. The van der Waals surface area contributed by atoms with Crippen LogP contribution in [0.3, 0.4) is 0 Å². The van der Waals surface area contributed by atoms with E-state index in [1.807, 2.05) is 0 Å². The molecular weight excluding hydrogens is 209 g/mol. The Morgan fingerprint density at radius 1 is 1.33 bits per heavy atom. The van der Waals surface area contributed by atoms with E-state index in [1.54, 1.807) is 0 Å². The molecule has 1 aliphatic carbocycles. The number of carbonyl (C=O) groups is 1. The smallest absolute Gasteiger partial charge is 0.392 e. The second-order valence-corrected chi connectivity index (χ2v) is 4.99. The van der Waals surface area contributed by atoms with E-state index in [2.05, 4.69) is 0 Å². The summed E-state index contributed by atoms with van der Waals surface area (Å²) in [4.78, 5) is 11.0. The summed E-state index contributed by atoms with van der Waals surface area (Å²) < 4.78 is 38.0. The van der Waals surface area contributed by atoms with Crippen molar-refractivity contribution >= 4 is 5.97 Å². The van der Waals surface area contributed by atoms with Gasteiger partial charge in [0, 0.05) is 0 Å². The highest BCUT2D eigenvalue weighted by Gasteiger charge is 2.63. The van der Waals surface area contributed by atoms with Crippen LogP contribution in [0, 0.1) is 16.7 Å². The molecule has 1 saturated carbocycles. The zero-order chi connectivity index (χ0) is 12.1. The van der Waals surface area contributed by atoms with Crippen LogP contribution in [0.25, 0.3) is 0 Å². The molecule has 0 aliphatic heterocycles.